The summed E-state index contributed by atoms with van der Waals surface area (Å²) in [7, 11) is 3.25. The van der Waals surface area contributed by atoms with Crippen molar-refractivity contribution in [1.29, 1.82) is 0 Å². The van der Waals surface area contributed by atoms with Gasteiger partial charge in [-0.2, -0.15) is 4.98 Å². The zero-order valence-corrected chi connectivity index (χ0v) is 20.2. The van der Waals surface area contributed by atoms with Gasteiger partial charge in [0.15, 0.2) is 11.5 Å². The summed E-state index contributed by atoms with van der Waals surface area (Å²) in [6.07, 6.45) is 0.725. The highest BCUT2D eigenvalue weighted by atomic mass is 16.5. The van der Waals surface area contributed by atoms with E-state index in [0.717, 1.165) is 40.1 Å². The van der Waals surface area contributed by atoms with Crippen LogP contribution in [0.25, 0.3) is 11.3 Å². The third kappa shape index (κ3) is 3.97. The Hall–Kier alpha value is -3.32. The molecule has 0 saturated heterocycles. The van der Waals surface area contributed by atoms with Crippen LogP contribution in [0.15, 0.2) is 35.1 Å². The molecule has 2 aromatic carbocycles. The van der Waals surface area contributed by atoms with Crippen molar-refractivity contribution in [2.45, 2.75) is 46.7 Å². The van der Waals surface area contributed by atoms with E-state index in [9.17, 15) is 4.79 Å². The number of aromatic nitrogens is 2. The third-order valence-electron chi connectivity index (χ3n) is 6.39. The monoisotopic (exact) mass is 448 g/mol. The average molecular weight is 449 g/mol. The Bertz CT molecular complexity index is 1240. The number of rotatable bonds is 6. The molecule has 7 nitrogen and oxygen atoms in total. The molecule has 1 aromatic heterocycles. The summed E-state index contributed by atoms with van der Waals surface area (Å²) >= 11 is 0. The van der Waals surface area contributed by atoms with Gasteiger partial charge in [0, 0.05) is 36.4 Å². The van der Waals surface area contributed by atoms with E-state index < -0.39 is 0 Å². The van der Waals surface area contributed by atoms with Gasteiger partial charge in [0.1, 0.15) is 5.82 Å². The maximum absolute atomic E-state index is 13.2. The second kappa shape index (κ2) is 8.90. The fourth-order valence-electron chi connectivity index (χ4n) is 4.87. The highest BCUT2D eigenvalue weighted by molar-refractivity contribution is 5.75. The summed E-state index contributed by atoms with van der Waals surface area (Å²) in [5.41, 5.74) is 13.2. The van der Waals surface area contributed by atoms with E-state index in [-0.39, 0.29) is 11.7 Å². The molecule has 1 aliphatic heterocycles. The van der Waals surface area contributed by atoms with Crippen LogP contribution in [-0.2, 0) is 13.0 Å². The van der Waals surface area contributed by atoms with Crippen LogP contribution in [0, 0.1) is 20.8 Å². The molecule has 174 valence electrons. The second-order valence-electron chi connectivity index (χ2n) is 8.75. The van der Waals surface area contributed by atoms with Crippen LogP contribution < -0.4 is 25.8 Å². The molecule has 7 heteroatoms. The van der Waals surface area contributed by atoms with E-state index in [0.29, 0.717) is 30.4 Å². The molecule has 0 spiro atoms. The lowest BCUT2D eigenvalue weighted by molar-refractivity contribution is 0.354. The van der Waals surface area contributed by atoms with Crippen molar-refractivity contribution in [3.8, 4) is 22.8 Å². The first-order valence-electron chi connectivity index (χ1n) is 11.2. The van der Waals surface area contributed by atoms with Crippen LogP contribution >= 0.6 is 0 Å². The van der Waals surface area contributed by atoms with Gasteiger partial charge in [0.05, 0.1) is 19.9 Å². The van der Waals surface area contributed by atoms with Gasteiger partial charge in [0.25, 0.3) is 0 Å². The Morgan fingerprint density at radius 1 is 1.06 bits per heavy atom. The standard InChI is InChI=1S/C26H32N4O3/c1-15-9-16(2)25(17(3)10-15)30(18(4)14-27)24-13-21-20-12-23(33-6)22(32-5)11-19(20)7-8-29(21)26(31)28-24/h9-13,18H,7-8,14,27H2,1-6H3. The van der Waals surface area contributed by atoms with Gasteiger partial charge in [0.2, 0.25) is 0 Å². The summed E-state index contributed by atoms with van der Waals surface area (Å²) < 4.78 is 12.8. The SMILES string of the molecule is COc1cc2c(cc1OC)-c1cc(N(c3c(C)cc(C)cc3C)C(C)CN)nc(=O)n1CC2. The van der Waals surface area contributed by atoms with Gasteiger partial charge in [-0.3, -0.25) is 4.57 Å². The molecule has 1 aliphatic rings. The molecule has 3 aromatic rings. The van der Waals surface area contributed by atoms with Crippen molar-refractivity contribution in [2.24, 2.45) is 5.73 Å². The molecule has 0 fully saturated rings. The largest absolute Gasteiger partial charge is 0.493 e. The molecular weight excluding hydrogens is 416 g/mol. The fraction of sp³-hybridized carbons (Fsp3) is 0.385. The average Bonchev–Trinajstić information content (AvgIpc) is 2.79. The predicted octanol–water partition coefficient (Wildman–Crippen LogP) is 3.89. The number of anilines is 2. The van der Waals surface area contributed by atoms with E-state index in [1.54, 1.807) is 18.8 Å². The summed E-state index contributed by atoms with van der Waals surface area (Å²) in [6.45, 7) is 9.31. The topological polar surface area (TPSA) is 82.6 Å². The van der Waals surface area contributed by atoms with Crippen molar-refractivity contribution in [1.82, 2.24) is 9.55 Å². The van der Waals surface area contributed by atoms with E-state index in [2.05, 4.69) is 49.7 Å². The van der Waals surface area contributed by atoms with Crippen LogP contribution in [0.1, 0.15) is 29.2 Å². The lowest BCUT2D eigenvalue weighted by Crippen LogP contribution is -2.38. The van der Waals surface area contributed by atoms with Crippen LogP contribution in [0.5, 0.6) is 11.5 Å². The quantitative estimate of drug-likeness (QED) is 0.616. The lowest BCUT2D eigenvalue weighted by Gasteiger charge is -2.33. The fourth-order valence-corrected chi connectivity index (χ4v) is 4.87. The zero-order valence-electron chi connectivity index (χ0n) is 20.2. The van der Waals surface area contributed by atoms with E-state index in [4.69, 9.17) is 15.2 Å². The number of hydrogen-bond acceptors (Lipinski definition) is 6. The van der Waals surface area contributed by atoms with Gasteiger partial charge in [-0.15, -0.1) is 0 Å². The minimum absolute atomic E-state index is 0.0477. The molecule has 1 unspecified atom stereocenters. The summed E-state index contributed by atoms with van der Waals surface area (Å²) in [6, 6.07) is 10.2. The number of ether oxygens (including phenoxy) is 2. The van der Waals surface area contributed by atoms with Crippen LogP contribution in [0.2, 0.25) is 0 Å². The van der Waals surface area contributed by atoms with Crippen molar-refractivity contribution in [3.05, 3.63) is 63.1 Å². The lowest BCUT2D eigenvalue weighted by atomic mass is 9.96. The molecule has 4 rings (SSSR count). The van der Waals surface area contributed by atoms with Crippen molar-refractivity contribution >= 4 is 11.5 Å². The first kappa shape index (κ1) is 22.9. The molecule has 2 heterocycles. The van der Waals surface area contributed by atoms with Gasteiger partial charge < -0.3 is 20.1 Å². The Kier molecular flexibility index (Phi) is 6.17. The molecule has 0 radical (unpaired) electrons. The second-order valence-corrected chi connectivity index (χ2v) is 8.75. The maximum Gasteiger partial charge on any atom is 0.350 e. The Morgan fingerprint density at radius 3 is 2.30 bits per heavy atom. The number of hydrogen-bond donors (Lipinski definition) is 1. The van der Waals surface area contributed by atoms with E-state index in [1.165, 1.54) is 5.56 Å². The number of aryl methyl sites for hydroxylation is 4. The van der Waals surface area contributed by atoms with Crippen molar-refractivity contribution < 1.29 is 9.47 Å². The van der Waals surface area contributed by atoms with Gasteiger partial charge in [-0.1, -0.05) is 17.7 Å². The van der Waals surface area contributed by atoms with Crippen molar-refractivity contribution in [2.75, 3.05) is 25.7 Å². The number of fused-ring (bicyclic) bond motifs is 3. The van der Waals surface area contributed by atoms with Crippen molar-refractivity contribution in [3.63, 3.8) is 0 Å². The molecule has 0 amide bonds. The molecule has 0 saturated carbocycles. The summed E-state index contributed by atoms with van der Waals surface area (Å²) in [4.78, 5) is 19.8. The van der Waals surface area contributed by atoms with Crippen LogP contribution in [-0.4, -0.2) is 36.4 Å². The van der Waals surface area contributed by atoms with E-state index in [1.807, 2.05) is 18.2 Å². The molecule has 33 heavy (non-hydrogen) atoms. The Labute approximate surface area is 194 Å². The highest BCUT2D eigenvalue weighted by Crippen LogP contribution is 2.40. The number of nitrogens with zero attached hydrogens (tertiary/aromatic N) is 3. The Morgan fingerprint density at radius 2 is 1.70 bits per heavy atom. The van der Waals surface area contributed by atoms with Gasteiger partial charge in [-0.25, -0.2) is 4.79 Å². The number of benzene rings is 2. The minimum Gasteiger partial charge on any atom is -0.493 e. The first-order chi connectivity index (χ1) is 15.8. The van der Waals surface area contributed by atoms with Crippen LogP contribution in [0.3, 0.4) is 0 Å². The van der Waals surface area contributed by atoms with E-state index >= 15 is 0 Å². The molecule has 2 N–H and O–H groups in total. The molecule has 0 bridgehead atoms. The summed E-state index contributed by atoms with van der Waals surface area (Å²) in [5, 5.41) is 0. The van der Waals surface area contributed by atoms with Gasteiger partial charge in [-0.05, 0) is 62.9 Å². The normalized spacial score (nSPS) is 13.2. The number of nitrogens with two attached hydrogens (primary N) is 1. The summed E-state index contributed by atoms with van der Waals surface area (Å²) in [5.74, 6) is 1.92. The predicted molar refractivity (Wildman–Crippen MR) is 132 cm³/mol. The first-order valence-corrected chi connectivity index (χ1v) is 11.2. The Balaban J connectivity index is 1.95. The highest BCUT2D eigenvalue weighted by Gasteiger charge is 2.26. The molecular formula is C26H32N4O3. The smallest absolute Gasteiger partial charge is 0.350 e. The minimum atomic E-state index is -0.264. The zero-order chi connectivity index (χ0) is 23.9. The maximum atomic E-state index is 13.2. The molecule has 0 aliphatic carbocycles. The third-order valence-corrected chi connectivity index (χ3v) is 6.39. The van der Waals surface area contributed by atoms with Gasteiger partial charge >= 0.3 is 5.69 Å². The van der Waals surface area contributed by atoms with Crippen LogP contribution in [0.4, 0.5) is 11.5 Å². The molecule has 1 atom stereocenters. The number of methoxy groups -OCH3 is 2.